The lowest BCUT2D eigenvalue weighted by molar-refractivity contribution is 0.604. The maximum Gasteiger partial charge on any atom is 0.126 e. The molecule has 0 amide bonds. The van der Waals surface area contributed by atoms with Crippen molar-refractivity contribution in [3.8, 4) is 0 Å². The summed E-state index contributed by atoms with van der Waals surface area (Å²) in [4.78, 5) is 4.75. The van der Waals surface area contributed by atoms with Crippen LogP contribution < -0.4 is 5.73 Å². The zero-order valence-electron chi connectivity index (χ0n) is 12.0. The number of anilines is 1. The van der Waals surface area contributed by atoms with Crippen LogP contribution in [0.4, 0.5) is 5.82 Å². The number of nitrogen functional groups attached to an aromatic ring is 1. The van der Waals surface area contributed by atoms with E-state index in [2.05, 4.69) is 24.7 Å². The van der Waals surface area contributed by atoms with Gasteiger partial charge in [0.15, 0.2) is 0 Å². The van der Waals surface area contributed by atoms with Gasteiger partial charge in [0.2, 0.25) is 0 Å². The largest absolute Gasteiger partial charge is 0.384 e. The summed E-state index contributed by atoms with van der Waals surface area (Å²) in [6.07, 6.45) is 8.88. The molecule has 0 unspecified atom stereocenters. The predicted molar refractivity (Wildman–Crippen MR) is 82.2 cm³/mol. The van der Waals surface area contributed by atoms with Crippen LogP contribution in [0, 0.1) is 0 Å². The molecule has 1 heterocycles. The number of rotatable bonds is 9. The minimum atomic E-state index is 0.910. The Hall–Kier alpha value is -0.640. The highest BCUT2D eigenvalue weighted by molar-refractivity contribution is 7.98. The van der Waals surface area contributed by atoms with Gasteiger partial charge in [-0.05, 0) is 37.7 Å². The molecule has 0 aliphatic carbocycles. The van der Waals surface area contributed by atoms with E-state index in [-0.39, 0.29) is 0 Å². The number of imidazole rings is 1. The zero-order valence-corrected chi connectivity index (χ0v) is 12.9. The Labute approximate surface area is 116 Å². The molecule has 2 N–H and O–H groups in total. The van der Waals surface area contributed by atoms with Gasteiger partial charge in [0.05, 0.1) is 5.69 Å². The van der Waals surface area contributed by atoms with Crippen molar-refractivity contribution in [3.63, 3.8) is 0 Å². The number of hydrogen-bond acceptors (Lipinski definition) is 3. The van der Waals surface area contributed by atoms with Crippen molar-refractivity contribution in [1.82, 2.24) is 9.55 Å². The fraction of sp³-hybridized carbons (Fsp3) is 0.786. The van der Waals surface area contributed by atoms with Gasteiger partial charge in [0.25, 0.3) is 0 Å². The maximum absolute atomic E-state index is 6.25. The molecule has 0 fully saturated rings. The molecular formula is C14H27N3S. The molecule has 0 aliphatic rings. The van der Waals surface area contributed by atoms with Crippen molar-refractivity contribution >= 4 is 17.6 Å². The van der Waals surface area contributed by atoms with Crippen molar-refractivity contribution in [1.29, 1.82) is 0 Å². The smallest absolute Gasteiger partial charge is 0.126 e. The van der Waals surface area contributed by atoms with Crippen molar-refractivity contribution < 1.29 is 0 Å². The van der Waals surface area contributed by atoms with Gasteiger partial charge in [0.1, 0.15) is 11.6 Å². The highest BCUT2D eigenvalue weighted by Crippen LogP contribution is 2.19. The van der Waals surface area contributed by atoms with Crippen LogP contribution in [-0.4, -0.2) is 21.6 Å². The Morgan fingerprint density at radius 1 is 1.17 bits per heavy atom. The first-order valence-electron chi connectivity index (χ1n) is 7.07. The van der Waals surface area contributed by atoms with E-state index in [1.165, 1.54) is 30.8 Å². The average molecular weight is 269 g/mol. The summed E-state index contributed by atoms with van der Waals surface area (Å²) >= 11 is 1.89. The van der Waals surface area contributed by atoms with E-state index in [1.54, 1.807) is 0 Å². The van der Waals surface area contributed by atoms with Crippen molar-refractivity contribution in [2.45, 2.75) is 58.9 Å². The standard InChI is InChI=1S/C14H27N3S/c1-4-6-10-17-13(8-5-2)16-12(14(17)15)9-7-11-18-3/h4-11,15H2,1-3H3. The van der Waals surface area contributed by atoms with Crippen LogP contribution in [0.25, 0.3) is 0 Å². The van der Waals surface area contributed by atoms with Gasteiger partial charge in [0, 0.05) is 13.0 Å². The molecule has 1 rings (SSSR count). The predicted octanol–water partition coefficient (Wildman–Crippen LogP) is 3.51. The number of hydrogen-bond donors (Lipinski definition) is 1. The number of unbranched alkanes of at least 4 members (excludes halogenated alkanes) is 1. The van der Waals surface area contributed by atoms with Crippen molar-refractivity contribution in [2.75, 3.05) is 17.7 Å². The summed E-state index contributed by atoms with van der Waals surface area (Å²) in [6.45, 7) is 5.43. The van der Waals surface area contributed by atoms with Crippen LogP contribution in [0.5, 0.6) is 0 Å². The number of aromatic nitrogens is 2. The number of aryl methyl sites for hydroxylation is 2. The second kappa shape index (κ2) is 8.46. The van der Waals surface area contributed by atoms with Crippen LogP contribution in [-0.2, 0) is 19.4 Å². The second-order valence-electron chi connectivity index (χ2n) is 4.71. The summed E-state index contributed by atoms with van der Waals surface area (Å²) in [6, 6.07) is 0. The monoisotopic (exact) mass is 269 g/mol. The first kappa shape index (κ1) is 15.4. The van der Waals surface area contributed by atoms with E-state index in [0.717, 1.165) is 37.3 Å². The Bertz CT molecular complexity index is 347. The van der Waals surface area contributed by atoms with Gasteiger partial charge in [-0.25, -0.2) is 4.98 Å². The minimum absolute atomic E-state index is 0.910. The summed E-state index contributed by atoms with van der Waals surface area (Å²) in [7, 11) is 0. The summed E-state index contributed by atoms with van der Waals surface area (Å²) in [5, 5.41) is 0. The number of nitrogens with zero attached hydrogens (tertiary/aromatic N) is 2. The van der Waals surface area contributed by atoms with Gasteiger partial charge in [-0.2, -0.15) is 11.8 Å². The third kappa shape index (κ3) is 4.23. The van der Waals surface area contributed by atoms with Crippen molar-refractivity contribution in [2.24, 2.45) is 0 Å². The fourth-order valence-corrected chi connectivity index (χ4v) is 2.55. The highest BCUT2D eigenvalue weighted by Gasteiger charge is 2.13. The topological polar surface area (TPSA) is 43.8 Å². The first-order valence-corrected chi connectivity index (χ1v) is 8.46. The van der Waals surface area contributed by atoms with E-state index < -0.39 is 0 Å². The average Bonchev–Trinajstić information content (AvgIpc) is 2.65. The third-order valence-electron chi connectivity index (χ3n) is 3.13. The lowest BCUT2D eigenvalue weighted by Gasteiger charge is -2.08. The highest BCUT2D eigenvalue weighted by atomic mass is 32.2. The van der Waals surface area contributed by atoms with Gasteiger partial charge < -0.3 is 10.3 Å². The van der Waals surface area contributed by atoms with Gasteiger partial charge in [-0.15, -0.1) is 0 Å². The third-order valence-corrected chi connectivity index (χ3v) is 3.83. The molecule has 0 aromatic carbocycles. The molecule has 4 heteroatoms. The van der Waals surface area contributed by atoms with Gasteiger partial charge in [-0.3, -0.25) is 0 Å². The van der Waals surface area contributed by atoms with Gasteiger partial charge >= 0.3 is 0 Å². The molecule has 0 saturated carbocycles. The Kier molecular flexibility index (Phi) is 7.25. The normalized spacial score (nSPS) is 11.1. The molecular weight excluding hydrogens is 242 g/mol. The van der Waals surface area contributed by atoms with Crippen molar-refractivity contribution in [3.05, 3.63) is 11.5 Å². The Morgan fingerprint density at radius 3 is 2.56 bits per heavy atom. The van der Waals surface area contributed by atoms with Crippen LogP contribution in [0.3, 0.4) is 0 Å². The lowest BCUT2D eigenvalue weighted by Crippen LogP contribution is -2.07. The van der Waals surface area contributed by atoms with Gasteiger partial charge in [-0.1, -0.05) is 20.3 Å². The summed E-state index contributed by atoms with van der Waals surface area (Å²) in [5.41, 5.74) is 7.37. The molecule has 1 aromatic rings. The van der Waals surface area contributed by atoms with Crippen LogP contribution >= 0.6 is 11.8 Å². The molecule has 0 saturated heterocycles. The SMILES string of the molecule is CCCCn1c(CCC)nc(CCCSC)c1N. The van der Waals surface area contributed by atoms with Crippen LogP contribution in [0.15, 0.2) is 0 Å². The van der Waals surface area contributed by atoms with E-state index in [4.69, 9.17) is 10.7 Å². The van der Waals surface area contributed by atoms with Crippen LogP contribution in [0.1, 0.15) is 51.0 Å². The minimum Gasteiger partial charge on any atom is -0.384 e. The fourth-order valence-electron chi connectivity index (χ4n) is 2.12. The van der Waals surface area contributed by atoms with E-state index in [1.807, 2.05) is 11.8 Å². The molecule has 0 bridgehead atoms. The summed E-state index contributed by atoms with van der Waals surface area (Å²) in [5.74, 6) is 3.28. The molecule has 0 aliphatic heterocycles. The Morgan fingerprint density at radius 2 is 1.94 bits per heavy atom. The molecule has 0 radical (unpaired) electrons. The second-order valence-corrected chi connectivity index (χ2v) is 5.70. The molecule has 0 spiro atoms. The molecule has 3 nitrogen and oxygen atoms in total. The first-order chi connectivity index (χ1) is 8.74. The molecule has 0 atom stereocenters. The maximum atomic E-state index is 6.25. The lowest BCUT2D eigenvalue weighted by atomic mass is 10.2. The molecule has 18 heavy (non-hydrogen) atoms. The molecule has 1 aromatic heterocycles. The zero-order chi connectivity index (χ0) is 13.4. The quantitative estimate of drug-likeness (QED) is 0.698. The number of nitrogens with two attached hydrogens (primary N) is 1. The van der Waals surface area contributed by atoms with E-state index >= 15 is 0 Å². The van der Waals surface area contributed by atoms with E-state index in [9.17, 15) is 0 Å². The van der Waals surface area contributed by atoms with E-state index in [0.29, 0.717) is 0 Å². The number of thioether (sulfide) groups is 1. The van der Waals surface area contributed by atoms with Crippen LogP contribution in [0.2, 0.25) is 0 Å². The Balaban J connectivity index is 2.77. The summed E-state index contributed by atoms with van der Waals surface area (Å²) < 4.78 is 2.24. The molecule has 104 valence electrons.